The first kappa shape index (κ1) is 12.0. The van der Waals surface area contributed by atoms with Gasteiger partial charge in [-0.25, -0.2) is 9.59 Å². The maximum Gasteiger partial charge on any atom is 0.346 e. The Morgan fingerprint density at radius 2 is 2.00 bits per heavy atom. The van der Waals surface area contributed by atoms with Crippen molar-refractivity contribution < 1.29 is 23.9 Å². The molecule has 5 nitrogen and oxygen atoms in total. The lowest BCUT2D eigenvalue weighted by Crippen LogP contribution is -1.97. The average molecular weight is 246 g/mol. The highest BCUT2D eigenvalue weighted by Gasteiger charge is 2.29. The van der Waals surface area contributed by atoms with E-state index in [9.17, 15) is 14.4 Å². The standard InChI is InChI=1S/C13H10O5/c1-17-11(14)4-2-3-8-5-6-9-10(7-8)13(16)18-12(9)15/h2-3,5-7H,4H2,1H3. The smallest absolute Gasteiger partial charge is 0.346 e. The van der Waals surface area contributed by atoms with E-state index in [2.05, 4.69) is 9.47 Å². The van der Waals surface area contributed by atoms with E-state index in [4.69, 9.17) is 0 Å². The molecule has 0 amide bonds. The molecule has 92 valence electrons. The van der Waals surface area contributed by atoms with Crippen LogP contribution >= 0.6 is 0 Å². The van der Waals surface area contributed by atoms with E-state index >= 15 is 0 Å². The zero-order chi connectivity index (χ0) is 13.1. The van der Waals surface area contributed by atoms with Crippen LogP contribution in [0.2, 0.25) is 0 Å². The third-order valence-electron chi connectivity index (χ3n) is 2.49. The molecule has 1 heterocycles. The van der Waals surface area contributed by atoms with Gasteiger partial charge in [0, 0.05) is 0 Å². The second-order valence-corrected chi connectivity index (χ2v) is 3.66. The largest absolute Gasteiger partial charge is 0.469 e. The number of hydrogen-bond donors (Lipinski definition) is 0. The molecule has 0 aliphatic carbocycles. The molecule has 0 fully saturated rings. The van der Waals surface area contributed by atoms with Gasteiger partial charge in [-0.05, 0) is 17.7 Å². The summed E-state index contributed by atoms with van der Waals surface area (Å²) in [5, 5.41) is 0. The number of esters is 3. The minimum atomic E-state index is -0.641. The number of hydrogen-bond acceptors (Lipinski definition) is 5. The van der Waals surface area contributed by atoms with Crippen molar-refractivity contribution in [1.82, 2.24) is 0 Å². The van der Waals surface area contributed by atoms with Crippen LogP contribution in [-0.4, -0.2) is 25.0 Å². The summed E-state index contributed by atoms with van der Waals surface area (Å²) in [6.45, 7) is 0. The Morgan fingerprint density at radius 1 is 1.28 bits per heavy atom. The molecule has 0 bridgehead atoms. The minimum Gasteiger partial charge on any atom is -0.469 e. The van der Waals surface area contributed by atoms with Gasteiger partial charge in [0.25, 0.3) is 0 Å². The fourth-order valence-electron chi connectivity index (χ4n) is 1.58. The van der Waals surface area contributed by atoms with Crippen LogP contribution in [-0.2, 0) is 14.3 Å². The van der Waals surface area contributed by atoms with Gasteiger partial charge in [0.1, 0.15) is 0 Å². The normalized spacial score (nSPS) is 13.6. The highest BCUT2D eigenvalue weighted by molar-refractivity contribution is 6.14. The molecule has 0 atom stereocenters. The molecule has 1 aliphatic rings. The number of cyclic esters (lactones) is 2. The molecule has 0 N–H and O–H groups in total. The van der Waals surface area contributed by atoms with Crippen molar-refractivity contribution in [2.24, 2.45) is 0 Å². The van der Waals surface area contributed by atoms with Crippen LogP contribution in [0.1, 0.15) is 32.7 Å². The van der Waals surface area contributed by atoms with Crippen molar-refractivity contribution in [2.75, 3.05) is 7.11 Å². The molecule has 0 saturated carbocycles. The Kier molecular flexibility index (Phi) is 3.23. The molecule has 0 aromatic heterocycles. The van der Waals surface area contributed by atoms with Crippen molar-refractivity contribution in [2.45, 2.75) is 6.42 Å². The third kappa shape index (κ3) is 2.29. The Bertz CT molecular complexity index is 557. The van der Waals surface area contributed by atoms with E-state index < -0.39 is 11.9 Å². The van der Waals surface area contributed by atoms with Crippen LogP contribution in [0, 0.1) is 0 Å². The Hall–Kier alpha value is -2.43. The van der Waals surface area contributed by atoms with Gasteiger partial charge < -0.3 is 9.47 Å². The maximum atomic E-state index is 11.3. The van der Waals surface area contributed by atoms with Gasteiger partial charge in [0.05, 0.1) is 24.7 Å². The first-order valence-corrected chi connectivity index (χ1v) is 5.25. The first-order chi connectivity index (χ1) is 8.61. The lowest BCUT2D eigenvalue weighted by Gasteiger charge is -1.96. The number of benzene rings is 1. The van der Waals surface area contributed by atoms with Crippen LogP contribution in [0.5, 0.6) is 0 Å². The van der Waals surface area contributed by atoms with E-state index in [-0.39, 0.29) is 23.5 Å². The highest BCUT2D eigenvalue weighted by atomic mass is 16.6. The third-order valence-corrected chi connectivity index (χ3v) is 2.49. The quantitative estimate of drug-likeness (QED) is 0.598. The summed E-state index contributed by atoms with van der Waals surface area (Å²) in [7, 11) is 1.31. The van der Waals surface area contributed by atoms with Crippen LogP contribution in [0.3, 0.4) is 0 Å². The summed E-state index contributed by atoms with van der Waals surface area (Å²) >= 11 is 0. The second-order valence-electron chi connectivity index (χ2n) is 3.66. The van der Waals surface area contributed by atoms with Crippen molar-refractivity contribution in [3.63, 3.8) is 0 Å². The average Bonchev–Trinajstić information content (AvgIpc) is 2.64. The summed E-state index contributed by atoms with van der Waals surface area (Å²) < 4.78 is 8.96. The highest BCUT2D eigenvalue weighted by Crippen LogP contribution is 2.21. The molecule has 1 aliphatic heterocycles. The van der Waals surface area contributed by atoms with Crippen molar-refractivity contribution in [3.8, 4) is 0 Å². The molecule has 1 aromatic rings. The number of methoxy groups -OCH3 is 1. The predicted octanol–water partition coefficient (Wildman–Crippen LogP) is 1.57. The lowest BCUT2D eigenvalue weighted by molar-refractivity contribution is -0.139. The molecule has 2 rings (SSSR count). The molecule has 18 heavy (non-hydrogen) atoms. The van der Waals surface area contributed by atoms with E-state index in [0.29, 0.717) is 5.56 Å². The summed E-state index contributed by atoms with van der Waals surface area (Å²) in [6, 6.07) is 4.75. The lowest BCUT2D eigenvalue weighted by atomic mass is 10.1. The molecular weight excluding hydrogens is 236 g/mol. The van der Waals surface area contributed by atoms with Crippen LogP contribution in [0.4, 0.5) is 0 Å². The Labute approximate surface area is 103 Å². The molecule has 0 radical (unpaired) electrons. The van der Waals surface area contributed by atoms with Crippen molar-refractivity contribution in [1.29, 1.82) is 0 Å². The van der Waals surface area contributed by atoms with E-state index in [1.807, 2.05) is 0 Å². The number of rotatable bonds is 3. The van der Waals surface area contributed by atoms with Crippen LogP contribution in [0.15, 0.2) is 24.3 Å². The SMILES string of the molecule is COC(=O)CC=Cc1ccc2c(c1)C(=O)OC2=O. The van der Waals surface area contributed by atoms with E-state index in [0.717, 1.165) is 0 Å². The van der Waals surface area contributed by atoms with E-state index in [1.54, 1.807) is 24.3 Å². The summed E-state index contributed by atoms with van der Waals surface area (Å²) in [5.74, 6) is -1.61. The fourth-order valence-corrected chi connectivity index (χ4v) is 1.58. The number of fused-ring (bicyclic) bond motifs is 1. The van der Waals surface area contributed by atoms with Gasteiger partial charge in [-0.1, -0.05) is 18.2 Å². The minimum absolute atomic E-state index is 0.150. The Balaban J connectivity index is 2.17. The monoisotopic (exact) mass is 246 g/mol. The van der Waals surface area contributed by atoms with Crippen LogP contribution in [0.25, 0.3) is 6.08 Å². The van der Waals surface area contributed by atoms with Gasteiger partial charge in [0.15, 0.2) is 0 Å². The number of carbonyl (C=O) groups is 3. The molecule has 0 spiro atoms. The van der Waals surface area contributed by atoms with Crippen LogP contribution < -0.4 is 0 Å². The molecule has 1 aromatic carbocycles. The first-order valence-electron chi connectivity index (χ1n) is 5.25. The zero-order valence-electron chi connectivity index (χ0n) is 9.64. The summed E-state index contributed by atoms with van der Waals surface area (Å²) in [4.78, 5) is 33.4. The van der Waals surface area contributed by atoms with Gasteiger partial charge in [-0.2, -0.15) is 0 Å². The predicted molar refractivity (Wildman–Crippen MR) is 61.9 cm³/mol. The number of ether oxygens (including phenoxy) is 2. The Morgan fingerprint density at radius 3 is 2.72 bits per heavy atom. The van der Waals surface area contributed by atoms with Gasteiger partial charge in [0.2, 0.25) is 0 Å². The molecular formula is C13H10O5. The molecule has 5 heteroatoms. The topological polar surface area (TPSA) is 69.7 Å². The summed E-state index contributed by atoms with van der Waals surface area (Å²) in [6.07, 6.45) is 3.44. The molecule has 0 saturated heterocycles. The summed E-state index contributed by atoms with van der Waals surface area (Å²) in [5.41, 5.74) is 1.23. The van der Waals surface area contributed by atoms with Gasteiger partial charge >= 0.3 is 17.9 Å². The van der Waals surface area contributed by atoms with E-state index in [1.165, 1.54) is 13.2 Å². The fraction of sp³-hybridized carbons (Fsp3) is 0.154. The molecule has 0 unspecified atom stereocenters. The number of carbonyl (C=O) groups excluding carboxylic acids is 3. The maximum absolute atomic E-state index is 11.3. The zero-order valence-corrected chi connectivity index (χ0v) is 9.64. The second kappa shape index (κ2) is 4.83. The van der Waals surface area contributed by atoms with Gasteiger partial charge in [-0.3, -0.25) is 4.79 Å². The van der Waals surface area contributed by atoms with Crippen molar-refractivity contribution in [3.05, 3.63) is 41.0 Å². The van der Waals surface area contributed by atoms with Gasteiger partial charge in [-0.15, -0.1) is 0 Å². The van der Waals surface area contributed by atoms with Crippen molar-refractivity contribution >= 4 is 24.0 Å².